The highest BCUT2D eigenvalue weighted by atomic mass is 32.2. The van der Waals surface area contributed by atoms with Gasteiger partial charge in [-0.05, 0) is 19.1 Å². The van der Waals surface area contributed by atoms with Crippen LogP contribution in [0.2, 0.25) is 0 Å². The summed E-state index contributed by atoms with van der Waals surface area (Å²) >= 11 is 4.80. The molecule has 25 heavy (non-hydrogen) atoms. The van der Waals surface area contributed by atoms with Crippen LogP contribution in [0.5, 0.6) is 0 Å². The fourth-order valence-electron chi connectivity index (χ4n) is 1.93. The molecular weight excluding hydrogens is 374 g/mol. The molecule has 0 radical (unpaired) electrons. The summed E-state index contributed by atoms with van der Waals surface area (Å²) < 4.78 is 5.93. The lowest BCUT2D eigenvalue weighted by Gasteiger charge is -2.02. The fraction of sp³-hybridized carbons (Fsp3) is 0.312. The minimum absolute atomic E-state index is 0.650. The highest BCUT2D eigenvalue weighted by Crippen LogP contribution is 2.30. The maximum Gasteiger partial charge on any atom is 0.206 e. The summed E-state index contributed by atoms with van der Waals surface area (Å²) in [7, 11) is 1.68. The van der Waals surface area contributed by atoms with Crippen LogP contribution in [-0.4, -0.2) is 35.4 Å². The average molecular weight is 394 g/mol. The van der Waals surface area contributed by atoms with Crippen LogP contribution in [0.1, 0.15) is 11.3 Å². The van der Waals surface area contributed by atoms with Crippen LogP contribution in [0.15, 0.2) is 34.0 Å². The first-order valence-corrected chi connectivity index (χ1v) is 10.4. The zero-order chi connectivity index (χ0) is 17.5. The van der Waals surface area contributed by atoms with Crippen LogP contribution >= 0.6 is 34.4 Å². The lowest BCUT2D eigenvalue weighted by Crippen LogP contribution is -2.06. The molecule has 1 aromatic carbocycles. The Labute approximate surface area is 159 Å². The zero-order valence-electron chi connectivity index (χ0n) is 14.0. The first-order valence-electron chi connectivity index (χ1n) is 7.70. The van der Waals surface area contributed by atoms with Crippen molar-refractivity contribution in [1.82, 2.24) is 15.2 Å². The number of benzene rings is 1. The van der Waals surface area contributed by atoms with Crippen molar-refractivity contribution in [2.75, 3.05) is 30.9 Å². The van der Waals surface area contributed by atoms with Crippen molar-refractivity contribution in [3.8, 4) is 0 Å². The average Bonchev–Trinajstić information content (AvgIpc) is 3.25. The molecular formula is C16H19N5OS3. The molecule has 3 rings (SSSR count). The van der Waals surface area contributed by atoms with Crippen molar-refractivity contribution in [3.05, 3.63) is 40.9 Å². The van der Waals surface area contributed by atoms with Crippen LogP contribution in [-0.2, 0) is 10.5 Å². The van der Waals surface area contributed by atoms with Crippen LogP contribution in [0.3, 0.4) is 0 Å². The van der Waals surface area contributed by atoms with Crippen molar-refractivity contribution in [1.29, 1.82) is 0 Å². The smallest absolute Gasteiger partial charge is 0.206 e. The van der Waals surface area contributed by atoms with Gasteiger partial charge in [0.1, 0.15) is 0 Å². The molecule has 0 atom stereocenters. The van der Waals surface area contributed by atoms with Gasteiger partial charge in [0.05, 0.1) is 12.3 Å². The number of hydrogen-bond donors (Lipinski definition) is 2. The predicted molar refractivity (Wildman–Crippen MR) is 106 cm³/mol. The Balaban J connectivity index is 1.49. The Morgan fingerprint density at radius 2 is 2.00 bits per heavy atom. The first kappa shape index (κ1) is 18.1. The molecule has 0 unspecified atom stereocenters. The topological polar surface area (TPSA) is 72.0 Å². The molecule has 0 bridgehead atoms. The van der Waals surface area contributed by atoms with E-state index in [9.17, 15) is 0 Å². The maximum atomic E-state index is 5.00. The number of nitrogens with zero attached hydrogens (tertiary/aromatic N) is 3. The van der Waals surface area contributed by atoms with E-state index in [-0.39, 0.29) is 0 Å². The summed E-state index contributed by atoms with van der Waals surface area (Å²) in [6, 6.07) is 8.29. The van der Waals surface area contributed by atoms with Gasteiger partial charge in [-0.1, -0.05) is 40.8 Å². The Morgan fingerprint density at radius 3 is 2.80 bits per heavy atom. The van der Waals surface area contributed by atoms with Gasteiger partial charge in [-0.2, -0.15) is 0 Å². The van der Waals surface area contributed by atoms with Gasteiger partial charge in [-0.25, -0.2) is 4.98 Å². The number of aryl methyl sites for hydroxylation is 1. The quantitative estimate of drug-likeness (QED) is 0.412. The summed E-state index contributed by atoms with van der Waals surface area (Å²) in [5, 5.41) is 18.6. The lowest BCUT2D eigenvalue weighted by molar-refractivity contribution is 0.211. The van der Waals surface area contributed by atoms with E-state index in [0.29, 0.717) is 6.61 Å². The maximum absolute atomic E-state index is 5.00. The highest BCUT2D eigenvalue weighted by molar-refractivity contribution is 8.00. The molecule has 6 nitrogen and oxygen atoms in total. The third kappa shape index (κ3) is 5.67. The number of methoxy groups -OCH3 is 1. The van der Waals surface area contributed by atoms with Crippen LogP contribution in [0.4, 0.5) is 16.0 Å². The van der Waals surface area contributed by atoms with Crippen molar-refractivity contribution < 1.29 is 4.74 Å². The molecule has 0 aliphatic rings. The standard InChI is InChI=1S/C16H19N5OS3/c1-11-3-5-12(6-4-11)18-15-19-13(9-23-15)10-24-16-21-20-14(25-16)17-7-8-22-2/h3-6,9H,7-8,10H2,1-2H3,(H,17,20)(H,18,19). The molecule has 0 saturated heterocycles. The number of aromatic nitrogens is 3. The monoisotopic (exact) mass is 393 g/mol. The molecule has 2 heterocycles. The first-order chi connectivity index (χ1) is 12.2. The minimum Gasteiger partial charge on any atom is -0.383 e. The number of anilines is 3. The summed E-state index contributed by atoms with van der Waals surface area (Å²) in [6.07, 6.45) is 0. The molecule has 3 aromatic rings. The van der Waals surface area contributed by atoms with Gasteiger partial charge in [-0.3, -0.25) is 0 Å². The third-order valence-electron chi connectivity index (χ3n) is 3.19. The Hall–Kier alpha value is -1.68. The second-order valence-electron chi connectivity index (χ2n) is 5.22. The van der Waals surface area contributed by atoms with Gasteiger partial charge in [-0.15, -0.1) is 21.5 Å². The highest BCUT2D eigenvalue weighted by Gasteiger charge is 2.07. The van der Waals surface area contributed by atoms with Crippen molar-refractivity contribution in [2.24, 2.45) is 0 Å². The molecule has 9 heteroatoms. The molecule has 0 fully saturated rings. The molecule has 0 aliphatic carbocycles. The van der Waals surface area contributed by atoms with E-state index in [2.05, 4.69) is 62.4 Å². The number of nitrogens with one attached hydrogen (secondary N) is 2. The van der Waals surface area contributed by atoms with Crippen molar-refractivity contribution in [3.63, 3.8) is 0 Å². The van der Waals surface area contributed by atoms with E-state index in [0.717, 1.165) is 38.3 Å². The summed E-state index contributed by atoms with van der Waals surface area (Å²) in [6.45, 7) is 3.46. The number of hydrogen-bond acceptors (Lipinski definition) is 9. The number of thioether (sulfide) groups is 1. The number of ether oxygens (including phenoxy) is 1. The molecule has 2 N–H and O–H groups in total. The van der Waals surface area contributed by atoms with E-state index < -0.39 is 0 Å². The molecule has 2 aromatic heterocycles. The summed E-state index contributed by atoms with van der Waals surface area (Å²) in [5.74, 6) is 0.777. The van der Waals surface area contributed by atoms with E-state index in [1.165, 1.54) is 5.56 Å². The van der Waals surface area contributed by atoms with E-state index in [4.69, 9.17) is 4.74 Å². The van der Waals surface area contributed by atoms with Crippen molar-refractivity contribution >= 4 is 50.4 Å². The molecule has 0 spiro atoms. The van der Waals surface area contributed by atoms with Gasteiger partial charge in [0.15, 0.2) is 9.47 Å². The van der Waals surface area contributed by atoms with Gasteiger partial charge in [0.25, 0.3) is 0 Å². The van der Waals surface area contributed by atoms with Gasteiger partial charge >= 0.3 is 0 Å². The SMILES string of the molecule is COCCNc1nnc(SCc2csc(Nc3ccc(C)cc3)n2)s1. The minimum atomic E-state index is 0.650. The predicted octanol–water partition coefficient (Wildman–Crippen LogP) is 4.40. The third-order valence-corrected chi connectivity index (χ3v) is 6.04. The lowest BCUT2D eigenvalue weighted by atomic mass is 10.2. The van der Waals surface area contributed by atoms with Crippen LogP contribution in [0.25, 0.3) is 0 Å². The normalized spacial score (nSPS) is 10.8. The van der Waals surface area contributed by atoms with E-state index >= 15 is 0 Å². The Kier molecular flexibility index (Phi) is 6.62. The fourth-order valence-corrected chi connectivity index (χ4v) is 4.43. The van der Waals surface area contributed by atoms with Gasteiger partial charge in [0, 0.05) is 30.5 Å². The summed E-state index contributed by atoms with van der Waals surface area (Å²) in [5.41, 5.74) is 3.33. The molecule has 0 amide bonds. The zero-order valence-corrected chi connectivity index (χ0v) is 16.4. The molecule has 0 saturated carbocycles. The van der Waals surface area contributed by atoms with E-state index in [1.54, 1.807) is 41.5 Å². The Morgan fingerprint density at radius 1 is 1.16 bits per heavy atom. The number of rotatable bonds is 9. The van der Waals surface area contributed by atoms with Gasteiger partial charge in [0.2, 0.25) is 5.13 Å². The van der Waals surface area contributed by atoms with E-state index in [1.807, 2.05) is 0 Å². The second-order valence-corrected chi connectivity index (χ2v) is 8.27. The van der Waals surface area contributed by atoms with Crippen LogP contribution in [0, 0.1) is 6.92 Å². The van der Waals surface area contributed by atoms with Gasteiger partial charge < -0.3 is 15.4 Å². The summed E-state index contributed by atoms with van der Waals surface area (Å²) in [4.78, 5) is 4.62. The number of thiazole rings is 1. The largest absolute Gasteiger partial charge is 0.383 e. The molecule has 0 aliphatic heterocycles. The van der Waals surface area contributed by atoms with Crippen molar-refractivity contribution in [2.45, 2.75) is 17.0 Å². The molecule has 132 valence electrons. The van der Waals surface area contributed by atoms with Crippen LogP contribution < -0.4 is 10.6 Å². The second kappa shape index (κ2) is 9.14. The Bertz CT molecular complexity index is 787.